The summed E-state index contributed by atoms with van der Waals surface area (Å²) in [5.74, 6) is 0.415. The maximum absolute atomic E-state index is 4.79. The predicted molar refractivity (Wildman–Crippen MR) is 84.4 cm³/mol. The van der Waals surface area contributed by atoms with Crippen LogP contribution in [0.15, 0.2) is 48.1 Å². The molecule has 0 saturated carbocycles. The van der Waals surface area contributed by atoms with Gasteiger partial charge in [0.1, 0.15) is 0 Å². The number of hydrogen-bond donors (Lipinski definition) is 0. The first kappa shape index (κ1) is 19.3. The lowest BCUT2D eigenvalue weighted by Gasteiger charge is -2.21. The van der Waals surface area contributed by atoms with Crippen LogP contribution in [0.25, 0.3) is 0 Å². The normalized spacial score (nSPS) is 13.5. The molecule has 0 aliphatic carbocycles. The lowest BCUT2D eigenvalue weighted by atomic mass is 9.90. The van der Waals surface area contributed by atoms with Crippen LogP contribution in [0.2, 0.25) is 0 Å². The van der Waals surface area contributed by atoms with E-state index in [-0.39, 0.29) is 24.0 Å². The molecule has 0 aliphatic rings. The minimum absolute atomic E-state index is 0. The van der Waals surface area contributed by atoms with E-state index >= 15 is 0 Å². The Labute approximate surface area is 141 Å². The molecule has 1 rings (SSSR count). The molecule has 2 nitrogen and oxygen atoms in total. The lowest BCUT2D eigenvalue weighted by Crippen LogP contribution is -3.00. The Kier molecular flexibility index (Phi) is 8.98. The summed E-state index contributed by atoms with van der Waals surface area (Å²) in [5, 5.41) is 4.79. The van der Waals surface area contributed by atoms with E-state index in [4.69, 9.17) is 5.10 Å². The van der Waals surface area contributed by atoms with Crippen LogP contribution in [0.5, 0.6) is 0 Å². The van der Waals surface area contributed by atoms with Gasteiger partial charge in [0, 0.05) is 5.92 Å². The van der Waals surface area contributed by atoms with Gasteiger partial charge in [-0.1, -0.05) is 41.5 Å². The van der Waals surface area contributed by atoms with Crippen LogP contribution in [-0.2, 0) is 0 Å². The van der Waals surface area contributed by atoms with Gasteiger partial charge < -0.3 is 24.0 Å². The zero-order valence-electron chi connectivity index (χ0n) is 13.1. The quantitative estimate of drug-likeness (QED) is 0.167. The monoisotopic (exact) mass is 386 g/mol. The highest BCUT2D eigenvalue weighted by Gasteiger charge is 2.18. The summed E-state index contributed by atoms with van der Waals surface area (Å²) in [6.07, 6.45) is 5.35. The van der Waals surface area contributed by atoms with Gasteiger partial charge >= 0.3 is 0 Å². The minimum Gasteiger partial charge on any atom is -1.00 e. The van der Waals surface area contributed by atoms with E-state index in [2.05, 4.69) is 65.0 Å². The van der Waals surface area contributed by atoms with Crippen LogP contribution < -0.4 is 24.0 Å². The third kappa shape index (κ3) is 7.20. The molecule has 0 N–H and O–H groups in total. The SMILES string of the molecule is C=CCCCC(/C(C)=N\[N+](C)(C)C)c1ccccc1.[I-]. The second kappa shape index (κ2) is 9.29. The van der Waals surface area contributed by atoms with Crippen LogP contribution in [-0.4, -0.2) is 31.4 Å². The number of allylic oxidation sites excluding steroid dienone is 1. The fraction of sp³-hybridized carbons (Fsp3) is 0.471. The van der Waals surface area contributed by atoms with Crippen molar-refractivity contribution in [2.75, 3.05) is 21.1 Å². The van der Waals surface area contributed by atoms with Crippen molar-refractivity contribution in [2.24, 2.45) is 5.10 Å². The van der Waals surface area contributed by atoms with Gasteiger partial charge in [0.25, 0.3) is 0 Å². The Hall–Kier alpha value is -0.680. The highest BCUT2D eigenvalue weighted by atomic mass is 127. The highest BCUT2D eigenvalue weighted by Crippen LogP contribution is 2.24. The van der Waals surface area contributed by atoms with Crippen molar-refractivity contribution in [3.63, 3.8) is 0 Å². The van der Waals surface area contributed by atoms with Gasteiger partial charge in [0.2, 0.25) is 0 Å². The molecule has 0 radical (unpaired) electrons. The first-order valence-electron chi connectivity index (χ1n) is 6.98. The Morgan fingerprint density at radius 2 is 1.85 bits per heavy atom. The average molecular weight is 386 g/mol. The summed E-state index contributed by atoms with van der Waals surface area (Å²) < 4.78 is 0.622. The second-order valence-corrected chi connectivity index (χ2v) is 5.87. The van der Waals surface area contributed by atoms with Crippen LogP contribution in [0.4, 0.5) is 0 Å². The van der Waals surface area contributed by atoms with Crippen LogP contribution in [0, 0.1) is 0 Å². The molecular weight excluding hydrogens is 359 g/mol. The molecule has 1 aromatic rings. The Balaban J connectivity index is 0.00000361. The Morgan fingerprint density at radius 3 is 2.35 bits per heavy atom. The van der Waals surface area contributed by atoms with Crippen LogP contribution in [0.3, 0.4) is 0 Å². The Bertz CT molecular complexity index is 418. The number of rotatable bonds is 7. The average Bonchev–Trinajstić information content (AvgIpc) is 2.33. The standard InChI is InChI=1S/C17H27N2.HI/c1-6-7-9-14-17(15(2)18-19(3,4)5)16-12-10-8-11-13-16;/h6,8,10-13,17H,1,7,9,14H2,2-5H3;1H/q+1;/p-1/b18-15-;. The molecule has 0 bridgehead atoms. The maximum atomic E-state index is 4.79. The Morgan fingerprint density at radius 1 is 1.25 bits per heavy atom. The lowest BCUT2D eigenvalue weighted by molar-refractivity contribution is -0.877. The predicted octanol–water partition coefficient (Wildman–Crippen LogP) is 1.21. The van der Waals surface area contributed by atoms with E-state index in [0.29, 0.717) is 10.5 Å². The van der Waals surface area contributed by atoms with Gasteiger partial charge in [-0.2, -0.15) is 0 Å². The number of benzene rings is 1. The summed E-state index contributed by atoms with van der Waals surface area (Å²) in [6.45, 7) is 5.95. The van der Waals surface area contributed by atoms with Gasteiger partial charge in [-0.3, -0.25) is 0 Å². The smallest absolute Gasteiger partial charge is 0.0923 e. The molecule has 0 fully saturated rings. The fourth-order valence-electron chi connectivity index (χ4n) is 2.31. The minimum atomic E-state index is 0. The van der Waals surface area contributed by atoms with Gasteiger partial charge in [0.15, 0.2) is 0 Å². The molecule has 1 atom stereocenters. The largest absolute Gasteiger partial charge is 1.00 e. The summed E-state index contributed by atoms with van der Waals surface area (Å²) in [5.41, 5.74) is 2.57. The summed E-state index contributed by atoms with van der Waals surface area (Å²) in [7, 11) is 6.28. The molecule has 0 aliphatic heterocycles. The van der Waals surface area contributed by atoms with Crippen LogP contribution in [0.1, 0.15) is 37.7 Å². The fourth-order valence-corrected chi connectivity index (χ4v) is 2.31. The van der Waals surface area contributed by atoms with Gasteiger partial charge in [0.05, 0.1) is 26.9 Å². The van der Waals surface area contributed by atoms with Crippen LogP contribution >= 0.6 is 0 Å². The summed E-state index contributed by atoms with van der Waals surface area (Å²) in [4.78, 5) is 0. The van der Waals surface area contributed by atoms with E-state index in [0.717, 1.165) is 19.3 Å². The van der Waals surface area contributed by atoms with Crippen molar-refractivity contribution >= 4 is 5.71 Å². The van der Waals surface area contributed by atoms with Crippen molar-refractivity contribution in [1.82, 2.24) is 0 Å². The molecule has 0 heterocycles. The van der Waals surface area contributed by atoms with E-state index in [1.165, 1.54) is 11.3 Å². The zero-order valence-corrected chi connectivity index (χ0v) is 15.3. The third-order valence-electron chi connectivity index (χ3n) is 3.07. The summed E-state index contributed by atoms with van der Waals surface area (Å²) in [6, 6.07) is 10.7. The van der Waals surface area contributed by atoms with Crippen molar-refractivity contribution in [1.29, 1.82) is 0 Å². The summed E-state index contributed by atoms with van der Waals surface area (Å²) >= 11 is 0. The molecule has 3 heteroatoms. The number of unbranched alkanes of at least 4 members (excludes halogenated alkanes) is 1. The maximum Gasteiger partial charge on any atom is 0.0923 e. The van der Waals surface area contributed by atoms with Crippen molar-refractivity contribution in [3.8, 4) is 0 Å². The molecular formula is C17H27IN2. The molecule has 0 saturated heterocycles. The van der Waals surface area contributed by atoms with Gasteiger partial charge in [-0.25, -0.2) is 4.59 Å². The highest BCUT2D eigenvalue weighted by molar-refractivity contribution is 5.88. The number of halogens is 1. The first-order valence-corrected chi connectivity index (χ1v) is 6.98. The number of nitrogens with zero attached hydrogens (tertiary/aromatic N) is 2. The van der Waals surface area contributed by atoms with E-state index in [9.17, 15) is 0 Å². The van der Waals surface area contributed by atoms with Crippen molar-refractivity contribution in [2.45, 2.75) is 32.1 Å². The topological polar surface area (TPSA) is 12.4 Å². The van der Waals surface area contributed by atoms with E-state index in [1.807, 2.05) is 6.08 Å². The molecule has 0 aromatic heterocycles. The zero-order chi connectivity index (χ0) is 14.3. The van der Waals surface area contributed by atoms with E-state index in [1.54, 1.807) is 0 Å². The molecule has 1 unspecified atom stereocenters. The molecule has 0 amide bonds. The van der Waals surface area contributed by atoms with Crippen molar-refractivity contribution in [3.05, 3.63) is 48.6 Å². The number of hydrogen-bond acceptors (Lipinski definition) is 1. The molecule has 20 heavy (non-hydrogen) atoms. The molecule has 0 spiro atoms. The van der Waals surface area contributed by atoms with Crippen molar-refractivity contribution < 1.29 is 28.6 Å². The van der Waals surface area contributed by atoms with Gasteiger partial charge in [-0.05, 0) is 31.7 Å². The van der Waals surface area contributed by atoms with E-state index < -0.39 is 0 Å². The molecule has 1 aromatic carbocycles. The second-order valence-electron chi connectivity index (χ2n) is 5.87. The molecule has 112 valence electrons. The number of quaternary nitrogens is 1. The third-order valence-corrected chi connectivity index (χ3v) is 3.07. The van der Waals surface area contributed by atoms with Gasteiger partial charge in [-0.15, -0.1) is 6.58 Å². The first-order chi connectivity index (χ1) is 8.94.